The summed E-state index contributed by atoms with van der Waals surface area (Å²) < 4.78 is 0. The number of rotatable bonds is 4. The number of piperidine rings is 1. The average molecular weight is 532 g/mol. The molecule has 1 aliphatic heterocycles. The lowest BCUT2D eigenvalue weighted by atomic mass is 9.88. The summed E-state index contributed by atoms with van der Waals surface area (Å²) in [5, 5.41) is 16.4. The Morgan fingerprint density at radius 2 is 1.68 bits per heavy atom. The van der Waals surface area contributed by atoms with Gasteiger partial charge >= 0.3 is 11.9 Å². The van der Waals surface area contributed by atoms with Gasteiger partial charge in [0.05, 0.1) is 5.69 Å². The van der Waals surface area contributed by atoms with Crippen LogP contribution in [-0.4, -0.2) is 50.1 Å². The van der Waals surface area contributed by atoms with E-state index in [2.05, 4.69) is 47.1 Å². The van der Waals surface area contributed by atoms with Crippen LogP contribution in [0.15, 0.2) is 72.7 Å². The fourth-order valence-corrected chi connectivity index (χ4v) is 5.16. The van der Waals surface area contributed by atoms with Crippen LogP contribution in [0.1, 0.15) is 46.4 Å². The van der Waals surface area contributed by atoms with Crippen molar-refractivity contribution < 1.29 is 19.8 Å². The summed E-state index contributed by atoms with van der Waals surface area (Å²) in [6.07, 6.45) is 11.1. The molecule has 5 rings (SSSR count). The summed E-state index contributed by atoms with van der Waals surface area (Å²) in [6.45, 7) is 5.21. The smallest absolute Gasteiger partial charge is 0.328 e. The number of carbonyl (C=O) groups is 2. The van der Waals surface area contributed by atoms with Gasteiger partial charge in [-0.05, 0) is 78.6 Å². The third-order valence-electron chi connectivity index (χ3n) is 6.65. The van der Waals surface area contributed by atoms with Crippen molar-refractivity contribution >= 4 is 29.1 Å². The van der Waals surface area contributed by atoms with Crippen molar-refractivity contribution in [2.45, 2.75) is 39.2 Å². The van der Waals surface area contributed by atoms with Crippen molar-refractivity contribution in [3.8, 4) is 0 Å². The molecule has 0 spiro atoms. The Kier molecular flexibility index (Phi) is 9.05. The molecule has 1 aliphatic carbocycles. The van der Waals surface area contributed by atoms with E-state index in [0.29, 0.717) is 12.2 Å². The van der Waals surface area contributed by atoms with Crippen molar-refractivity contribution in [3.05, 3.63) is 111 Å². The molecule has 0 unspecified atom stereocenters. The number of benzene rings is 1. The minimum absolute atomic E-state index is 0.558. The van der Waals surface area contributed by atoms with Crippen LogP contribution < -0.4 is 0 Å². The molecule has 7 nitrogen and oxygen atoms in total. The molecular formula is C30H30ClN3O4. The third kappa shape index (κ3) is 7.15. The van der Waals surface area contributed by atoms with Gasteiger partial charge < -0.3 is 10.2 Å². The Morgan fingerprint density at radius 3 is 2.37 bits per heavy atom. The first-order chi connectivity index (χ1) is 18.3. The van der Waals surface area contributed by atoms with Crippen LogP contribution >= 0.6 is 11.6 Å². The molecule has 0 radical (unpaired) electrons. The number of pyridine rings is 2. The van der Waals surface area contributed by atoms with Crippen molar-refractivity contribution in [2.24, 2.45) is 0 Å². The first-order valence-corrected chi connectivity index (χ1v) is 12.9. The average Bonchev–Trinajstić information content (AvgIpc) is 3.05. The first kappa shape index (κ1) is 27.2. The van der Waals surface area contributed by atoms with Crippen LogP contribution in [0, 0.1) is 6.92 Å². The highest BCUT2D eigenvalue weighted by atomic mass is 35.5. The van der Waals surface area contributed by atoms with E-state index < -0.39 is 11.9 Å². The van der Waals surface area contributed by atoms with Gasteiger partial charge in [0.15, 0.2) is 0 Å². The maximum Gasteiger partial charge on any atom is 0.328 e. The van der Waals surface area contributed by atoms with Gasteiger partial charge in [0.1, 0.15) is 0 Å². The molecule has 0 bridgehead atoms. The number of aliphatic carboxylic acids is 2. The van der Waals surface area contributed by atoms with E-state index in [1.54, 1.807) is 0 Å². The van der Waals surface area contributed by atoms with Crippen LogP contribution in [0.2, 0.25) is 5.02 Å². The van der Waals surface area contributed by atoms with Crippen molar-refractivity contribution in [1.82, 2.24) is 14.9 Å². The predicted octanol–water partition coefficient (Wildman–Crippen LogP) is 5.35. The molecule has 1 aromatic carbocycles. The molecule has 1 fully saturated rings. The standard InChI is InChI=1S/C26H26ClN3.C4H4O4/c1-18-13-19(16-28-15-18)17-30-11-8-20(9-12-30)25-24-7-6-23(27)14-22(24)5-4-21-3-2-10-29-26(21)25;5-3(6)1-2-4(7)8/h2-3,6-7,10,13-16H,4-5,8-9,11-12,17H2,1H3;1-2H,(H,5,6)(H,7,8)/b;2-1+. The molecule has 3 heterocycles. The lowest BCUT2D eigenvalue weighted by Crippen LogP contribution is -2.30. The second kappa shape index (κ2) is 12.6. The molecule has 0 saturated carbocycles. The lowest BCUT2D eigenvalue weighted by Gasteiger charge is -2.30. The quantitative estimate of drug-likeness (QED) is 0.437. The van der Waals surface area contributed by atoms with Gasteiger partial charge in [0, 0.05) is 61.0 Å². The Labute approximate surface area is 227 Å². The number of aromatic nitrogens is 2. The molecule has 2 N–H and O–H groups in total. The van der Waals surface area contributed by atoms with Gasteiger partial charge in [-0.2, -0.15) is 0 Å². The molecule has 196 valence electrons. The summed E-state index contributed by atoms with van der Waals surface area (Å²) in [5.74, 6) is -2.51. The number of hydrogen-bond acceptors (Lipinski definition) is 5. The first-order valence-electron chi connectivity index (χ1n) is 12.5. The molecule has 8 heteroatoms. The molecular weight excluding hydrogens is 502 g/mol. The fourth-order valence-electron chi connectivity index (χ4n) is 4.97. The highest BCUT2D eigenvalue weighted by molar-refractivity contribution is 6.30. The normalized spacial score (nSPS) is 15.2. The SMILES string of the molecule is Cc1cncc(CN2CCC(=C3c4ccc(Cl)cc4CCc4cccnc43)CC2)c1.O=C(O)/C=C/C(=O)O. The lowest BCUT2D eigenvalue weighted by molar-refractivity contribution is -0.134. The number of carboxylic acids is 2. The Hall–Kier alpha value is -3.81. The summed E-state index contributed by atoms with van der Waals surface area (Å²) >= 11 is 6.34. The molecule has 2 aromatic heterocycles. The molecule has 1 saturated heterocycles. The zero-order valence-electron chi connectivity index (χ0n) is 21.2. The number of likely N-dealkylation sites (tertiary alicyclic amines) is 1. The molecule has 2 aliphatic rings. The molecule has 0 atom stereocenters. The summed E-state index contributed by atoms with van der Waals surface area (Å²) in [5.41, 5.74) is 10.6. The van der Waals surface area contributed by atoms with E-state index in [-0.39, 0.29) is 0 Å². The number of hydrogen-bond donors (Lipinski definition) is 2. The van der Waals surface area contributed by atoms with Crippen LogP contribution in [-0.2, 0) is 29.0 Å². The third-order valence-corrected chi connectivity index (χ3v) is 6.88. The zero-order chi connectivity index (χ0) is 27.1. The predicted molar refractivity (Wildman–Crippen MR) is 147 cm³/mol. The van der Waals surface area contributed by atoms with Crippen molar-refractivity contribution in [3.63, 3.8) is 0 Å². The van der Waals surface area contributed by atoms with Crippen molar-refractivity contribution in [2.75, 3.05) is 13.1 Å². The summed E-state index contributed by atoms with van der Waals surface area (Å²) in [7, 11) is 0. The van der Waals surface area contributed by atoms with E-state index in [0.717, 1.165) is 50.3 Å². The van der Waals surface area contributed by atoms with E-state index in [9.17, 15) is 9.59 Å². The minimum atomic E-state index is -1.26. The fraction of sp³-hybridized carbons (Fsp3) is 0.267. The Bertz CT molecular complexity index is 1370. The van der Waals surface area contributed by atoms with Gasteiger partial charge in [-0.3, -0.25) is 14.9 Å². The second-order valence-corrected chi connectivity index (χ2v) is 9.88. The molecule has 0 amide bonds. The molecule has 3 aromatic rings. The van der Waals surface area contributed by atoms with Crippen LogP contribution in [0.25, 0.3) is 5.57 Å². The second-order valence-electron chi connectivity index (χ2n) is 9.45. The van der Waals surface area contributed by atoms with Crippen LogP contribution in [0.4, 0.5) is 0 Å². The maximum atomic E-state index is 9.55. The van der Waals surface area contributed by atoms with Gasteiger partial charge in [-0.15, -0.1) is 0 Å². The van der Waals surface area contributed by atoms with Gasteiger partial charge in [-0.25, -0.2) is 9.59 Å². The van der Waals surface area contributed by atoms with Gasteiger partial charge in [-0.1, -0.05) is 35.4 Å². The Balaban J connectivity index is 0.000000368. The van der Waals surface area contributed by atoms with E-state index >= 15 is 0 Å². The van der Waals surface area contributed by atoms with Crippen molar-refractivity contribution in [1.29, 1.82) is 0 Å². The highest BCUT2D eigenvalue weighted by Crippen LogP contribution is 2.38. The Morgan fingerprint density at radius 1 is 0.974 bits per heavy atom. The number of aryl methyl sites for hydroxylation is 3. The largest absolute Gasteiger partial charge is 0.478 e. The van der Waals surface area contributed by atoms with E-state index in [4.69, 9.17) is 26.8 Å². The molecule has 38 heavy (non-hydrogen) atoms. The topological polar surface area (TPSA) is 104 Å². The summed E-state index contributed by atoms with van der Waals surface area (Å²) in [6, 6.07) is 12.9. The minimum Gasteiger partial charge on any atom is -0.478 e. The number of nitrogens with zero attached hydrogens (tertiary/aromatic N) is 3. The number of fused-ring (bicyclic) bond motifs is 2. The monoisotopic (exact) mass is 531 g/mol. The van der Waals surface area contributed by atoms with Crippen LogP contribution in [0.3, 0.4) is 0 Å². The maximum absolute atomic E-state index is 9.55. The number of halogens is 1. The number of carboxylic acid groups (broad SMARTS) is 2. The van der Waals surface area contributed by atoms with Gasteiger partial charge in [0.25, 0.3) is 0 Å². The van der Waals surface area contributed by atoms with E-state index in [1.165, 1.54) is 44.7 Å². The van der Waals surface area contributed by atoms with E-state index in [1.807, 2.05) is 24.7 Å². The zero-order valence-corrected chi connectivity index (χ0v) is 22.0. The highest BCUT2D eigenvalue weighted by Gasteiger charge is 2.25. The van der Waals surface area contributed by atoms with Gasteiger partial charge in [0.2, 0.25) is 0 Å². The van der Waals surface area contributed by atoms with Crippen LogP contribution in [0.5, 0.6) is 0 Å². The summed E-state index contributed by atoms with van der Waals surface area (Å²) in [4.78, 5) is 30.8.